The Kier molecular flexibility index (Phi) is 3.62. The van der Waals surface area contributed by atoms with E-state index in [1.165, 1.54) is 0 Å². The van der Waals surface area contributed by atoms with Crippen molar-refractivity contribution in [2.75, 3.05) is 5.32 Å². The third-order valence-corrected chi connectivity index (χ3v) is 1.86. The van der Waals surface area contributed by atoms with Crippen LogP contribution in [0.1, 0.15) is 12.5 Å². The lowest BCUT2D eigenvalue weighted by Gasteiger charge is -2.10. The summed E-state index contributed by atoms with van der Waals surface area (Å²) < 4.78 is 0. The zero-order valence-electron chi connectivity index (χ0n) is 8.03. The first-order valence-corrected chi connectivity index (χ1v) is 4.40. The Morgan fingerprint density at radius 1 is 1.57 bits per heavy atom. The van der Waals surface area contributed by atoms with Gasteiger partial charge >= 0.3 is 0 Å². The number of aliphatic hydroxyl groups excluding tert-OH is 1. The van der Waals surface area contributed by atoms with Crippen molar-refractivity contribution in [3.63, 3.8) is 0 Å². The molecule has 0 heterocycles. The molecule has 0 unspecified atom stereocenters. The van der Waals surface area contributed by atoms with Gasteiger partial charge in [0, 0.05) is 11.3 Å². The van der Waals surface area contributed by atoms with E-state index >= 15 is 0 Å². The highest BCUT2D eigenvalue weighted by atomic mass is 16.3. The Morgan fingerprint density at radius 3 is 2.79 bits per heavy atom. The molecular formula is C10H14N2O2. The van der Waals surface area contributed by atoms with Crippen molar-refractivity contribution in [3.05, 3.63) is 29.8 Å². The van der Waals surface area contributed by atoms with Gasteiger partial charge in [-0.15, -0.1) is 0 Å². The molecule has 4 N–H and O–H groups in total. The number of amides is 1. The molecule has 0 aliphatic carbocycles. The van der Waals surface area contributed by atoms with E-state index in [2.05, 4.69) is 5.32 Å². The van der Waals surface area contributed by atoms with E-state index in [4.69, 9.17) is 10.8 Å². The van der Waals surface area contributed by atoms with Gasteiger partial charge in [0.15, 0.2) is 0 Å². The summed E-state index contributed by atoms with van der Waals surface area (Å²) in [5.74, 6) is -0.258. The van der Waals surface area contributed by atoms with Gasteiger partial charge in [-0.05, 0) is 13.0 Å². The van der Waals surface area contributed by atoms with Crippen LogP contribution in [-0.2, 0) is 11.4 Å². The molecule has 0 spiro atoms. The molecule has 0 aliphatic rings. The van der Waals surface area contributed by atoms with Crippen LogP contribution in [0.25, 0.3) is 0 Å². The highest BCUT2D eigenvalue weighted by Crippen LogP contribution is 2.14. The van der Waals surface area contributed by atoms with E-state index in [0.717, 1.165) is 0 Å². The molecule has 1 atom stereocenters. The summed E-state index contributed by atoms with van der Waals surface area (Å²) in [5.41, 5.74) is 6.69. The lowest BCUT2D eigenvalue weighted by molar-refractivity contribution is -0.117. The van der Waals surface area contributed by atoms with Crippen LogP contribution in [-0.4, -0.2) is 17.1 Å². The van der Waals surface area contributed by atoms with Gasteiger partial charge in [-0.1, -0.05) is 18.2 Å². The molecule has 0 aliphatic heterocycles. The second-order valence-corrected chi connectivity index (χ2v) is 3.09. The van der Waals surface area contributed by atoms with Crippen LogP contribution >= 0.6 is 0 Å². The van der Waals surface area contributed by atoms with Crippen molar-refractivity contribution in [2.45, 2.75) is 19.6 Å². The molecular weight excluding hydrogens is 180 g/mol. The van der Waals surface area contributed by atoms with Crippen molar-refractivity contribution in [1.29, 1.82) is 0 Å². The molecule has 0 aromatic heterocycles. The maximum absolute atomic E-state index is 11.3. The number of carbonyl (C=O) groups excluding carboxylic acids is 1. The minimum absolute atomic E-state index is 0.102. The van der Waals surface area contributed by atoms with Crippen LogP contribution in [0.15, 0.2) is 24.3 Å². The third kappa shape index (κ3) is 2.55. The fourth-order valence-corrected chi connectivity index (χ4v) is 1.03. The molecule has 0 fully saturated rings. The van der Waals surface area contributed by atoms with E-state index in [0.29, 0.717) is 11.3 Å². The Labute approximate surface area is 82.7 Å². The lowest BCUT2D eigenvalue weighted by atomic mass is 10.2. The highest BCUT2D eigenvalue weighted by Gasteiger charge is 2.09. The fourth-order valence-electron chi connectivity index (χ4n) is 1.03. The quantitative estimate of drug-likeness (QED) is 0.654. The monoisotopic (exact) mass is 194 g/mol. The molecule has 1 amide bonds. The number of benzene rings is 1. The molecule has 4 heteroatoms. The van der Waals surface area contributed by atoms with E-state index in [9.17, 15) is 4.79 Å². The zero-order valence-corrected chi connectivity index (χ0v) is 8.03. The minimum Gasteiger partial charge on any atom is -0.392 e. The predicted octanol–water partition coefficient (Wildman–Crippen LogP) is 0.465. The molecule has 0 radical (unpaired) electrons. The van der Waals surface area contributed by atoms with E-state index in [1.807, 2.05) is 0 Å². The first-order valence-electron chi connectivity index (χ1n) is 4.40. The van der Waals surface area contributed by atoms with Crippen molar-refractivity contribution in [2.24, 2.45) is 5.73 Å². The number of para-hydroxylation sites is 1. The third-order valence-electron chi connectivity index (χ3n) is 1.86. The number of aliphatic hydroxyl groups is 1. The molecule has 1 rings (SSSR count). The Balaban J connectivity index is 2.80. The standard InChI is InChI=1S/C10H14N2O2/c1-7(11)10(14)12-9-5-3-2-4-8(9)6-13/h2-5,7,13H,6,11H2,1H3,(H,12,14)/t7-/m0/s1. The number of hydrogen-bond acceptors (Lipinski definition) is 3. The summed E-state index contributed by atoms with van der Waals surface area (Å²) in [7, 11) is 0. The summed E-state index contributed by atoms with van der Waals surface area (Å²) in [6, 6.07) is 6.51. The van der Waals surface area contributed by atoms with E-state index in [1.54, 1.807) is 31.2 Å². The van der Waals surface area contributed by atoms with Gasteiger partial charge in [-0.3, -0.25) is 4.79 Å². The summed E-state index contributed by atoms with van der Waals surface area (Å²) in [5, 5.41) is 11.6. The Bertz CT molecular complexity index is 324. The number of carbonyl (C=O) groups is 1. The number of rotatable bonds is 3. The summed E-state index contributed by atoms with van der Waals surface area (Å²) in [4.78, 5) is 11.3. The van der Waals surface area contributed by atoms with Crippen molar-refractivity contribution < 1.29 is 9.90 Å². The fraction of sp³-hybridized carbons (Fsp3) is 0.300. The molecule has 14 heavy (non-hydrogen) atoms. The van der Waals surface area contributed by atoms with E-state index in [-0.39, 0.29) is 12.5 Å². The molecule has 0 saturated carbocycles. The lowest BCUT2D eigenvalue weighted by Crippen LogP contribution is -2.32. The maximum Gasteiger partial charge on any atom is 0.241 e. The molecule has 0 bridgehead atoms. The van der Waals surface area contributed by atoms with Gasteiger partial charge in [0.1, 0.15) is 0 Å². The molecule has 1 aromatic carbocycles. The molecule has 4 nitrogen and oxygen atoms in total. The van der Waals surface area contributed by atoms with Crippen LogP contribution in [0.2, 0.25) is 0 Å². The number of anilines is 1. The Morgan fingerprint density at radius 2 is 2.21 bits per heavy atom. The molecule has 0 saturated heterocycles. The van der Waals surface area contributed by atoms with Gasteiger partial charge in [-0.25, -0.2) is 0 Å². The topological polar surface area (TPSA) is 75.4 Å². The smallest absolute Gasteiger partial charge is 0.241 e. The summed E-state index contributed by atoms with van der Waals surface area (Å²) in [6.07, 6.45) is 0. The Hall–Kier alpha value is -1.39. The number of nitrogens with two attached hydrogens (primary N) is 1. The van der Waals surface area contributed by atoms with Gasteiger partial charge in [0.2, 0.25) is 5.91 Å². The second kappa shape index (κ2) is 4.74. The average molecular weight is 194 g/mol. The van der Waals surface area contributed by atoms with Gasteiger partial charge in [0.05, 0.1) is 12.6 Å². The number of hydrogen-bond donors (Lipinski definition) is 3. The normalized spacial score (nSPS) is 12.2. The van der Waals surface area contributed by atoms with Crippen molar-refractivity contribution in [1.82, 2.24) is 0 Å². The van der Waals surface area contributed by atoms with Crippen LogP contribution in [0.4, 0.5) is 5.69 Å². The summed E-state index contributed by atoms with van der Waals surface area (Å²) in [6.45, 7) is 1.51. The summed E-state index contributed by atoms with van der Waals surface area (Å²) >= 11 is 0. The zero-order chi connectivity index (χ0) is 10.6. The maximum atomic E-state index is 11.3. The van der Waals surface area contributed by atoms with Crippen molar-refractivity contribution >= 4 is 11.6 Å². The second-order valence-electron chi connectivity index (χ2n) is 3.09. The first-order chi connectivity index (χ1) is 6.65. The van der Waals surface area contributed by atoms with Crippen LogP contribution in [0.3, 0.4) is 0 Å². The van der Waals surface area contributed by atoms with Crippen LogP contribution in [0, 0.1) is 0 Å². The average Bonchev–Trinajstić information content (AvgIpc) is 2.18. The van der Waals surface area contributed by atoms with Crippen LogP contribution in [0.5, 0.6) is 0 Å². The van der Waals surface area contributed by atoms with E-state index < -0.39 is 6.04 Å². The van der Waals surface area contributed by atoms with Gasteiger partial charge < -0.3 is 16.2 Å². The van der Waals surface area contributed by atoms with Gasteiger partial charge in [-0.2, -0.15) is 0 Å². The van der Waals surface area contributed by atoms with Gasteiger partial charge in [0.25, 0.3) is 0 Å². The van der Waals surface area contributed by atoms with Crippen molar-refractivity contribution in [3.8, 4) is 0 Å². The predicted molar refractivity (Wildman–Crippen MR) is 54.6 cm³/mol. The minimum atomic E-state index is -0.554. The molecule has 76 valence electrons. The molecule has 1 aromatic rings. The largest absolute Gasteiger partial charge is 0.392 e. The first kappa shape index (κ1) is 10.7. The SMILES string of the molecule is C[C@H](N)C(=O)Nc1ccccc1CO. The number of nitrogens with one attached hydrogen (secondary N) is 1. The highest BCUT2D eigenvalue weighted by molar-refractivity contribution is 5.94. The van der Waals surface area contributed by atoms with Crippen LogP contribution < -0.4 is 11.1 Å².